The Morgan fingerprint density at radius 2 is 0.943 bits per heavy atom. The fraction of sp³-hybridized carbons (Fsp3) is 0. The van der Waals surface area contributed by atoms with Crippen molar-refractivity contribution in [3.63, 3.8) is 0 Å². The van der Waals surface area contributed by atoms with E-state index in [1.54, 1.807) is 12.4 Å². The minimum Gasteiger partial charge on any atom is -0.309 e. The van der Waals surface area contributed by atoms with Crippen molar-refractivity contribution in [2.24, 2.45) is 0 Å². The van der Waals surface area contributed by atoms with Crippen LogP contribution in [-0.2, 0) is 9.13 Å². The summed E-state index contributed by atoms with van der Waals surface area (Å²) in [6.45, 7) is 0. The van der Waals surface area contributed by atoms with Gasteiger partial charge in [-0.15, -0.1) is 0 Å². The van der Waals surface area contributed by atoms with Gasteiger partial charge in [0.25, 0.3) is 0 Å². The molecule has 10 rings (SSSR count). The van der Waals surface area contributed by atoms with Crippen molar-refractivity contribution in [2.45, 2.75) is 0 Å². The summed E-state index contributed by atoms with van der Waals surface area (Å²) in [5.41, 5.74) is 3.31. The maximum Gasteiger partial charge on any atom is 0.171 e. The van der Waals surface area contributed by atoms with Crippen LogP contribution in [-0.4, -0.2) is 14.4 Å². The molecule has 0 N–H and O–H groups in total. The van der Waals surface area contributed by atoms with Gasteiger partial charge in [-0.1, -0.05) is 140 Å². The van der Waals surface area contributed by atoms with Gasteiger partial charge in [-0.05, 0) is 52.6 Å². The Morgan fingerprint density at radius 1 is 0.415 bits per heavy atom. The van der Waals surface area contributed by atoms with E-state index in [4.69, 9.17) is 4.98 Å². The quantitative estimate of drug-likeness (QED) is 0.128. The first kappa shape index (κ1) is 31.6. The molecule has 0 saturated carbocycles. The Hall–Kier alpha value is -6.12. The Kier molecular flexibility index (Phi) is 7.30. The molecule has 0 spiro atoms. The van der Waals surface area contributed by atoms with Crippen molar-refractivity contribution in [1.29, 1.82) is 0 Å². The van der Waals surface area contributed by atoms with E-state index in [9.17, 15) is 0 Å². The van der Waals surface area contributed by atoms with Crippen molar-refractivity contribution < 1.29 is 9.13 Å². The first-order valence-corrected chi connectivity index (χ1v) is 20.9. The zero-order valence-electron chi connectivity index (χ0n) is 28.5. The number of hydrogen-bond acceptors (Lipinski definition) is 4. The second-order valence-corrected chi connectivity index (χ2v) is 18.8. The molecule has 1 atom stereocenters. The van der Waals surface area contributed by atoms with Gasteiger partial charge < -0.3 is 9.13 Å². The molecule has 0 aliphatic heterocycles. The predicted octanol–water partition coefficient (Wildman–Crippen LogP) is 8.62. The molecule has 7 aromatic carbocycles. The maximum absolute atomic E-state index is 15.6. The molecule has 10 aromatic rings. The number of benzene rings is 7. The first-order chi connectivity index (χ1) is 26.0. The van der Waals surface area contributed by atoms with Crippen LogP contribution in [0.5, 0.6) is 0 Å². The third-order valence-electron chi connectivity index (χ3n) is 10.4. The zero-order chi connectivity index (χ0) is 35.6. The van der Waals surface area contributed by atoms with Crippen LogP contribution >= 0.6 is 14.3 Å². The summed E-state index contributed by atoms with van der Waals surface area (Å²) in [6, 6.07) is 57.9. The number of rotatable bonds is 6. The highest BCUT2D eigenvalue weighted by Gasteiger charge is 2.32. The van der Waals surface area contributed by atoms with Gasteiger partial charge in [0, 0.05) is 55.0 Å². The van der Waals surface area contributed by atoms with Crippen molar-refractivity contribution in [1.82, 2.24) is 14.4 Å². The van der Waals surface area contributed by atoms with Crippen LogP contribution in [0, 0.1) is 0 Å². The van der Waals surface area contributed by atoms with Gasteiger partial charge in [0.15, 0.2) is 14.3 Å². The van der Waals surface area contributed by atoms with Crippen LogP contribution in [0.15, 0.2) is 188 Å². The van der Waals surface area contributed by atoms with Gasteiger partial charge in [0.2, 0.25) is 0 Å². The Balaban J connectivity index is 1.32. The average molecular weight is 720 g/mol. The van der Waals surface area contributed by atoms with Gasteiger partial charge in [-0.25, -0.2) is 4.98 Å². The number of nitrogens with zero attached hydrogens (tertiary/aromatic N) is 3. The predicted molar refractivity (Wildman–Crippen MR) is 222 cm³/mol. The summed E-state index contributed by atoms with van der Waals surface area (Å²) in [7, 11) is -6.56. The topological polar surface area (TPSA) is 64.3 Å². The van der Waals surface area contributed by atoms with Crippen molar-refractivity contribution in [3.05, 3.63) is 188 Å². The van der Waals surface area contributed by atoms with E-state index in [1.807, 2.05) is 127 Å². The molecule has 5 nitrogen and oxygen atoms in total. The lowest BCUT2D eigenvalue weighted by Crippen LogP contribution is -2.25. The van der Waals surface area contributed by atoms with E-state index in [-0.39, 0.29) is 0 Å². The minimum absolute atomic E-state index is 0.697. The number of aromatic nitrogens is 3. The highest BCUT2D eigenvalue weighted by Crippen LogP contribution is 2.46. The van der Waals surface area contributed by atoms with Gasteiger partial charge in [0.05, 0.1) is 16.6 Å². The summed E-state index contributed by atoms with van der Waals surface area (Å²) < 4.78 is 33.2. The first-order valence-electron chi connectivity index (χ1n) is 17.5. The van der Waals surface area contributed by atoms with E-state index >= 15 is 9.13 Å². The van der Waals surface area contributed by atoms with Crippen LogP contribution in [0.1, 0.15) is 0 Å². The average Bonchev–Trinajstić information content (AvgIpc) is 3.63. The Morgan fingerprint density at radius 3 is 1.58 bits per heavy atom. The van der Waals surface area contributed by atoms with Crippen LogP contribution in [0.2, 0.25) is 0 Å². The van der Waals surface area contributed by atoms with E-state index in [0.29, 0.717) is 10.6 Å². The molecule has 53 heavy (non-hydrogen) atoms. The van der Waals surface area contributed by atoms with E-state index in [2.05, 4.69) is 57.9 Å². The second kappa shape index (κ2) is 12.2. The molecule has 3 aromatic heterocycles. The third kappa shape index (κ3) is 4.78. The Labute approximate surface area is 306 Å². The summed E-state index contributed by atoms with van der Waals surface area (Å²) in [5, 5.41) is 9.82. The number of hydrogen-bond donors (Lipinski definition) is 0. The summed E-state index contributed by atoms with van der Waals surface area (Å²) in [4.78, 5) is 9.59. The third-order valence-corrected chi connectivity index (χ3v) is 16.5. The molecule has 0 amide bonds. The summed E-state index contributed by atoms with van der Waals surface area (Å²) >= 11 is 0. The molecular formula is C46H31N3O2P2. The molecule has 0 aliphatic rings. The van der Waals surface area contributed by atoms with Crippen LogP contribution in [0.4, 0.5) is 0 Å². The molecule has 0 radical (unpaired) electrons. The summed E-state index contributed by atoms with van der Waals surface area (Å²) in [5.74, 6) is 0. The monoisotopic (exact) mass is 719 g/mol. The van der Waals surface area contributed by atoms with Gasteiger partial charge in [-0.3, -0.25) is 9.38 Å². The smallest absolute Gasteiger partial charge is 0.171 e. The van der Waals surface area contributed by atoms with E-state index < -0.39 is 14.3 Å². The summed E-state index contributed by atoms with van der Waals surface area (Å²) in [6.07, 6.45) is 3.39. The van der Waals surface area contributed by atoms with Crippen LogP contribution in [0.25, 0.3) is 49.1 Å². The fourth-order valence-corrected chi connectivity index (χ4v) is 13.2. The highest BCUT2D eigenvalue weighted by atomic mass is 31.2. The van der Waals surface area contributed by atoms with Crippen molar-refractivity contribution in [3.8, 4) is 0 Å². The minimum atomic E-state index is -3.28. The molecule has 0 saturated heterocycles. The van der Waals surface area contributed by atoms with Gasteiger partial charge >= 0.3 is 0 Å². The molecule has 3 heterocycles. The molecule has 0 aliphatic carbocycles. The van der Waals surface area contributed by atoms with Gasteiger partial charge in [-0.2, -0.15) is 0 Å². The normalized spacial score (nSPS) is 13.2. The van der Waals surface area contributed by atoms with E-state index in [0.717, 1.165) is 70.3 Å². The number of pyridine rings is 2. The molecular weight excluding hydrogens is 688 g/mol. The standard InChI is InChI=1S/C46H31N3O2P2/c50-52(33-13-4-1-5-14-33,34-15-6-2-7-16-34)38-21-24-40-41-23-20-32-12-10-11-19-39(32)45(41)46-48-42-30-37(22-25-43(42)49(46)44(40)31-38)53(51,35-17-8-3-9-18-35)36-26-28-47-29-27-36/h1-31H. The SMILES string of the molecule is O=P(c1ccccc1)(c1ccncc1)c1ccc2c(c1)nc1c3c4ccccc4ccc3c3ccc(P(=O)(c4ccccc4)c4ccccc4)cc3n21. The fourth-order valence-electron chi connectivity index (χ4n) is 7.90. The van der Waals surface area contributed by atoms with Gasteiger partial charge in [0.1, 0.15) is 5.65 Å². The number of imidazole rings is 1. The molecule has 0 fully saturated rings. The maximum atomic E-state index is 15.6. The molecule has 252 valence electrons. The molecule has 1 unspecified atom stereocenters. The Bertz CT molecular complexity index is 3030. The van der Waals surface area contributed by atoms with Crippen LogP contribution in [0.3, 0.4) is 0 Å². The second-order valence-electron chi connectivity index (χ2n) is 13.3. The lowest BCUT2D eigenvalue weighted by molar-refractivity contribution is 0.591. The zero-order valence-corrected chi connectivity index (χ0v) is 30.2. The lowest BCUT2D eigenvalue weighted by atomic mass is 9.99. The highest BCUT2D eigenvalue weighted by molar-refractivity contribution is 7.85. The molecule has 7 heteroatoms. The van der Waals surface area contributed by atoms with Crippen molar-refractivity contribution in [2.75, 3.05) is 0 Å². The molecule has 0 bridgehead atoms. The largest absolute Gasteiger partial charge is 0.309 e. The van der Waals surface area contributed by atoms with E-state index in [1.165, 1.54) is 0 Å². The lowest BCUT2D eigenvalue weighted by Gasteiger charge is -2.21. The van der Waals surface area contributed by atoms with Crippen LogP contribution < -0.4 is 31.8 Å². The number of fused-ring (bicyclic) bond motifs is 10. The van der Waals surface area contributed by atoms with Crippen molar-refractivity contribution >= 4 is 95.2 Å².